The van der Waals surface area contributed by atoms with Crippen LogP contribution in [0.15, 0.2) is 24.3 Å². The molecule has 5 heteroatoms. The third-order valence-electron chi connectivity index (χ3n) is 2.75. The van der Waals surface area contributed by atoms with Crippen LogP contribution in [0.5, 0.6) is 11.6 Å². The van der Waals surface area contributed by atoms with Crippen LogP contribution in [-0.4, -0.2) is 23.7 Å². The predicted octanol–water partition coefficient (Wildman–Crippen LogP) is 3.52. The Labute approximate surface area is 117 Å². The van der Waals surface area contributed by atoms with Crippen LogP contribution >= 0.6 is 12.2 Å². The smallest absolute Gasteiger partial charge is 0.225 e. The molecule has 4 nitrogen and oxygen atoms in total. The molecule has 1 N–H and O–H groups in total. The Morgan fingerprint density at radius 1 is 1.26 bits per heavy atom. The van der Waals surface area contributed by atoms with Gasteiger partial charge in [-0.1, -0.05) is 12.1 Å². The zero-order valence-electron chi connectivity index (χ0n) is 11.2. The normalized spacial score (nSPS) is 10.3. The SMILES string of the molecule is CCOc1nc(=S)[nH]c(C)c1-c1ccc(OC)cc1. The maximum Gasteiger partial charge on any atom is 0.225 e. The molecule has 100 valence electrons. The van der Waals surface area contributed by atoms with Gasteiger partial charge >= 0.3 is 0 Å². The molecule has 0 aliphatic heterocycles. The number of hydrogen-bond acceptors (Lipinski definition) is 4. The van der Waals surface area contributed by atoms with Crippen molar-refractivity contribution in [3.63, 3.8) is 0 Å². The molecule has 0 unspecified atom stereocenters. The highest BCUT2D eigenvalue weighted by molar-refractivity contribution is 7.71. The quantitative estimate of drug-likeness (QED) is 0.868. The fourth-order valence-corrected chi connectivity index (χ4v) is 2.13. The molecule has 0 radical (unpaired) electrons. The van der Waals surface area contributed by atoms with E-state index in [-0.39, 0.29) is 0 Å². The summed E-state index contributed by atoms with van der Waals surface area (Å²) in [6.45, 7) is 4.43. The van der Waals surface area contributed by atoms with E-state index in [0.29, 0.717) is 17.3 Å². The number of aromatic amines is 1. The number of ether oxygens (including phenoxy) is 2. The molecule has 0 fully saturated rings. The van der Waals surface area contributed by atoms with Gasteiger partial charge in [-0.3, -0.25) is 0 Å². The van der Waals surface area contributed by atoms with Gasteiger partial charge in [-0.15, -0.1) is 0 Å². The summed E-state index contributed by atoms with van der Waals surface area (Å²) < 4.78 is 11.2. The fraction of sp³-hybridized carbons (Fsp3) is 0.286. The molecule has 1 heterocycles. The highest BCUT2D eigenvalue weighted by Gasteiger charge is 2.12. The van der Waals surface area contributed by atoms with Crippen LogP contribution in [0.25, 0.3) is 11.1 Å². The third-order valence-corrected chi connectivity index (χ3v) is 2.94. The van der Waals surface area contributed by atoms with E-state index in [1.165, 1.54) is 0 Å². The lowest BCUT2D eigenvalue weighted by atomic mass is 10.1. The first-order chi connectivity index (χ1) is 9.15. The number of methoxy groups -OCH3 is 1. The summed E-state index contributed by atoms with van der Waals surface area (Å²) in [7, 11) is 1.65. The first-order valence-electron chi connectivity index (χ1n) is 6.03. The van der Waals surface area contributed by atoms with Gasteiger partial charge in [0.15, 0.2) is 4.77 Å². The van der Waals surface area contributed by atoms with Gasteiger partial charge < -0.3 is 14.5 Å². The lowest BCUT2D eigenvalue weighted by Gasteiger charge is -2.12. The molecule has 0 saturated carbocycles. The zero-order valence-corrected chi connectivity index (χ0v) is 12.0. The van der Waals surface area contributed by atoms with E-state index in [1.807, 2.05) is 38.1 Å². The first kappa shape index (κ1) is 13.5. The maximum atomic E-state index is 5.58. The molecule has 0 saturated heterocycles. The summed E-state index contributed by atoms with van der Waals surface area (Å²) in [4.78, 5) is 7.31. The Kier molecular flexibility index (Phi) is 4.16. The summed E-state index contributed by atoms with van der Waals surface area (Å²) in [6, 6.07) is 7.77. The standard InChI is InChI=1S/C14H16N2O2S/c1-4-18-13-12(9(2)15-14(19)16-13)10-5-7-11(17-3)8-6-10/h5-8H,4H2,1-3H3,(H,15,16,19). The number of aryl methyl sites for hydroxylation is 1. The molecule has 2 rings (SSSR count). The molecule has 0 bridgehead atoms. The largest absolute Gasteiger partial charge is 0.497 e. The number of hydrogen-bond donors (Lipinski definition) is 1. The van der Waals surface area contributed by atoms with Crippen molar-refractivity contribution in [2.45, 2.75) is 13.8 Å². The summed E-state index contributed by atoms with van der Waals surface area (Å²) >= 11 is 5.08. The summed E-state index contributed by atoms with van der Waals surface area (Å²) in [5.74, 6) is 1.38. The van der Waals surface area contributed by atoms with Crippen LogP contribution in [0.4, 0.5) is 0 Å². The lowest BCUT2D eigenvalue weighted by Crippen LogP contribution is -2.01. The number of aromatic nitrogens is 2. The Bertz CT molecular complexity index is 620. The molecule has 0 atom stereocenters. The van der Waals surface area contributed by atoms with Crippen LogP contribution in [0.2, 0.25) is 0 Å². The zero-order chi connectivity index (χ0) is 13.8. The van der Waals surface area contributed by atoms with Crippen molar-refractivity contribution in [1.82, 2.24) is 9.97 Å². The van der Waals surface area contributed by atoms with Crippen molar-refractivity contribution in [3.8, 4) is 22.8 Å². The fourth-order valence-electron chi connectivity index (χ4n) is 1.90. The van der Waals surface area contributed by atoms with E-state index >= 15 is 0 Å². The van der Waals surface area contributed by atoms with E-state index in [0.717, 1.165) is 22.6 Å². The molecule has 0 amide bonds. The molecule has 19 heavy (non-hydrogen) atoms. The van der Waals surface area contributed by atoms with E-state index in [9.17, 15) is 0 Å². The highest BCUT2D eigenvalue weighted by Crippen LogP contribution is 2.31. The summed E-state index contributed by atoms with van der Waals surface area (Å²) in [5.41, 5.74) is 2.88. The van der Waals surface area contributed by atoms with Crippen LogP contribution in [0.3, 0.4) is 0 Å². The van der Waals surface area contributed by atoms with Crippen molar-refractivity contribution in [1.29, 1.82) is 0 Å². The molecule has 2 aromatic rings. The van der Waals surface area contributed by atoms with Crippen LogP contribution < -0.4 is 9.47 Å². The molecule has 0 aliphatic rings. The van der Waals surface area contributed by atoms with Gasteiger partial charge in [-0.2, -0.15) is 4.98 Å². The van der Waals surface area contributed by atoms with Crippen LogP contribution in [0, 0.1) is 11.7 Å². The van der Waals surface area contributed by atoms with Crippen LogP contribution in [0.1, 0.15) is 12.6 Å². The van der Waals surface area contributed by atoms with E-state index in [4.69, 9.17) is 21.7 Å². The van der Waals surface area contributed by atoms with Crippen molar-refractivity contribution >= 4 is 12.2 Å². The van der Waals surface area contributed by atoms with Gasteiger partial charge in [0.2, 0.25) is 5.88 Å². The third kappa shape index (κ3) is 2.93. The second-order valence-corrected chi connectivity index (χ2v) is 4.40. The van der Waals surface area contributed by atoms with Gasteiger partial charge in [-0.05, 0) is 43.8 Å². The lowest BCUT2D eigenvalue weighted by molar-refractivity contribution is 0.327. The number of nitrogens with one attached hydrogen (secondary N) is 1. The predicted molar refractivity (Wildman–Crippen MR) is 77.3 cm³/mol. The molecular formula is C14H16N2O2S. The van der Waals surface area contributed by atoms with Crippen molar-refractivity contribution in [2.75, 3.05) is 13.7 Å². The number of benzene rings is 1. The number of nitrogens with zero attached hydrogens (tertiary/aromatic N) is 1. The Hall–Kier alpha value is -1.88. The highest BCUT2D eigenvalue weighted by atomic mass is 32.1. The van der Waals surface area contributed by atoms with E-state index in [2.05, 4.69) is 9.97 Å². The minimum atomic E-state index is 0.429. The Morgan fingerprint density at radius 2 is 1.95 bits per heavy atom. The minimum Gasteiger partial charge on any atom is -0.497 e. The second-order valence-electron chi connectivity index (χ2n) is 4.01. The minimum absolute atomic E-state index is 0.429. The average Bonchev–Trinajstić information content (AvgIpc) is 2.39. The first-order valence-corrected chi connectivity index (χ1v) is 6.44. The summed E-state index contributed by atoms with van der Waals surface area (Å²) in [5, 5.41) is 0. The topological polar surface area (TPSA) is 47.1 Å². The molecule has 1 aromatic carbocycles. The van der Waals surface area contributed by atoms with Gasteiger partial charge in [0.1, 0.15) is 5.75 Å². The van der Waals surface area contributed by atoms with E-state index < -0.39 is 0 Å². The average molecular weight is 276 g/mol. The van der Waals surface area contributed by atoms with Crippen molar-refractivity contribution in [2.24, 2.45) is 0 Å². The molecule has 0 spiro atoms. The molecular weight excluding hydrogens is 260 g/mol. The van der Waals surface area contributed by atoms with Gasteiger partial charge in [-0.25, -0.2) is 0 Å². The summed E-state index contributed by atoms with van der Waals surface area (Å²) in [6.07, 6.45) is 0. The Morgan fingerprint density at radius 3 is 2.53 bits per heavy atom. The van der Waals surface area contributed by atoms with Crippen LogP contribution in [-0.2, 0) is 0 Å². The second kappa shape index (κ2) is 5.84. The Balaban J connectivity index is 2.55. The molecule has 1 aromatic heterocycles. The van der Waals surface area contributed by atoms with E-state index in [1.54, 1.807) is 7.11 Å². The number of H-pyrrole nitrogens is 1. The van der Waals surface area contributed by atoms with Gasteiger partial charge in [0.25, 0.3) is 0 Å². The van der Waals surface area contributed by atoms with Crippen molar-refractivity contribution in [3.05, 3.63) is 34.7 Å². The monoisotopic (exact) mass is 276 g/mol. The maximum absolute atomic E-state index is 5.58. The van der Waals surface area contributed by atoms with Crippen molar-refractivity contribution < 1.29 is 9.47 Å². The molecule has 0 aliphatic carbocycles. The van der Waals surface area contributed by atoms with Gasteiger partial charge in [0.05, 0.1) is 19.3 Å². The van der Waals surface area contributed by atoms with Gasteiger partial charge in [0, 0.05) is 5.69 Å². The number of rotatable bonds is 4.